The number of alkyl halides is 1. The lowest BCUT2D eigenvalue weighted by atomic mass is 10.2. The molecule has 1 rings (SSSR count). The van der Waals surface area contributed by atoms with E-state index in [1.165, 1.54) is 7.11 Å². The second-order valence-electron chi connectivity index (χ2n) is 4.40. The van der Waals surface area contributed by atoms with Crippen LogP contribution in [0.4, 0.5) is 0 Å². The smallest absolute Gasteiger partial charge is 0.325 e. The summed E-state index contributed by atoms with van der Waals surface area (Å²) < 4.78 is 9.98. The van der Waals surface area contributed by atoms with Crippen molar-refractivity contribution in [2.75, 3.05) is 13.7 Å². The summed E-state index contributed by atoms with van der Waals surface area (Å²) in [6.45, 7) is 3.81. The van der Waals surface area contributed by atoms with Gasteiger partial charge in [-0.3, -0.25) is 9.59 Å². The van der Waals surface area contributed by atoms with Crippen LogP contribution in [0.2, 0.25) is 0 Å². The predicted octanol–water partition coefficient (Wildman–Crippen LogP) is 1.98. The molecule has 0 bridgehead atoms. The van der Waals surface area contributed by atoms with Gasteiger partial charge in [0, 0.05) is 12.1 Å². The summed E-state index contributed by atoms with van der Waals surface area (Å²) in [7, 11) is 1.24. The van der Waals surface area contributed by atoms with Crippen molar-refractivity contribution in [2.24, 2.45) is 0 Å². The molecule has 0 aromatic heterocycles. The van der Waals surface area contributed by atoms with Crippen molar-refractivity contribution in [1.82, 2.24) is 5.32 Å². The van der Waals surface area contributed by atoms with Crippen LogP contribution in [0.1, 0.15) is 24.2 Å². The highest BCUT2D eigenvalue weighted by molar-refractivity contribution is 6.30. The maximum Gasteiger partial charge on any atom is 0.325 e. The molecule has 110 valence electrons. The Labute approximate surface area is 123 Å². The summed E-state index contributed by atoms with van der Waals surface area (Å²) in [5, 5.41) is 1.66. The van der Waals surface area contributed by atoms with Crippen molar-refractivity contribution in [1.29, 1.82) is 0 Å². The molecule has 5 nitrogen and oxygen atoms in total. The normalized spacial score (nSPS) is 11.8. The first kappa shape index (κ1) is 16.3. The van der Waals surface area contributed by atoms with Crippen LogP contribution in [0.15, 0.2) is 24.3 Å². The Balaban J connectivity index is 2.61. The van der Waals surface area contributed by atoms with Crippen LogP contribution in [0, 0.1) is 0 Å². The van der Waals surface area contributed by atoms with E-state index in [1.807, 2.05) is 13.8 Å². The molecule has 0 saturated heterocycles. The molecule has 0 fully saturated rings. The quantitative estimate of drug-likeness (QED) is 0.644. The van der Waals surface area contributed by atoms with Crippen LogP contribution >= 0.6 is 11.6 Å². The summed E-state index contributed by atoms with van der Waals surface area (Å²) in [6.07, 6.45) is 0.0276. The largest absolute Gasteiger partial charge is 0.491 e. The van der Waals surface area contributed by atoms with E-state index in [2.05, 4.69) is 10.1 Å². The standard InChI is InChI=1S/C14H18ClNO4/c1-9(2)20-11-6-4-5-10(7-11)13(17)16-8-12(15)14(18)19-3/h4-7,9,12H,8H2,1-3H3,(H,16,17). The summed E-state index contributed by atoms with van der Waals surface area (Å²) in [5.74, 6) is -0.291. The van der Waals surface area contributed by atoms with Gasteiger partial charge < -0.3 is 14.8 Å². The van der Waals surface area contributed by atoms with E-state index in [-0.39, 0.29) is 18.6 Å². The van der Waals surface area contributed by atoms with Crippen molar-refractivity contribution < 1.29 is 19.1 Å². The summed E-state index contributed by atoms with van der Waals surface area (Å²) in [4.78, 5) is 23.0. The minimum Gasteiger partial charge on any atom is -0.491 e. The third-order valence-corrected chi connectivity index (χ3v) is 2.70. The lowest BCUT2D eigenvalue weighted by Crippen LogP contribution is -2.34. The number of amides is 1. The number of esters is 1. The van der Waals surface area contributed by atoms with Crippen LogP contribution in [0.3, 0.4) is 0 Å². The van der Waals surface area contributed by atoms with Gasteiger partial charge in [-0.1, -0.05) is 6.07 Å². The van der Waals surface area contributed by atoms with Gasteiger partial charge in [0.05, 0.1) is 13.2 Å². The first-order valence-corrected chi connectivity index (χ1v) is 6.64. The number of hydrogen-bond acceptors (Lipinski definition) is 4. The average molecular weight is 300 g/mol. The molecule has 0 aliphatic heterocycles. The monoisotopic (exact) mass is 299 g/mol. The Morgan fingerprint density at radius 3 is 2.65 bits per heavy atom. The van der Waals surface area contributed by atoms with Crippen molar-refractivity contribution in [3.05, 3.63) is 29.8 Å². The predicted molar refractivity (Wildman–Crippen MR) is 76.2 cm³/mol. The van der Waals surface area contributed by atoms with Crippen molar-refractivity contribution in [3.63, 3.8) is 0 Å². The molecule has 0 heterocycles. The molecule has 20 heavy (non-hydrogen) atoms. The average Bonchev–Trinajstić information content (AvgIpc) is 2.43. The second-order valence-corrected chi connectivity index (χ2v) is 4.92. The Morgan fingerprint density at radius 2 is 2.05 bits per heavy atom. The van der Waals surface area contributed by atoms with E-state index in [0.717, 1.165) is 0 Å². The highest BCUT2D eigenvalue weighted by Gasteiger charge is 2.17. The van der Waals surface area contributed by atoms with Gasteiger partial charge in [-0.2, -0.15) is 0 Å². The molecule has 0 spiro atoms. The van der Waals surface area contributed by atoms with E-state index < -0.39 is 11.3 Å². The SMILES string of the molecule is COC(=O)C(Cl)CNC(=O)c1cccc(OC(C)C)c1. The van der Waals surface area contributed by atoms with Crippen LogP contribution in [0.5, 0.6) is 5.75 Å². The fraction of sp³-hybridized carbons (Fsp3) is 0.429. The van der Waals surface area contributed by atoms with Gasteiger partial charge in [-0.25, -0.2) is 0 Å². The molecule has 0 radical (unpaired) electrons. The van der Waals surface area contributed by atoms with Gasteiger partial charge in [-0.15, -0.1) is 11.6 Å². The molecule has 0 saturated carbocycles. The first-order chi connectivity index (χ1) is 9.43. The Kier molecular flexibility index (Phi) is 6.31. The lowest BCUT2D eigenvalue weighted by molar-refractivity contribution is -0.140. The molecule has 1 amide bonds. The molecule has 1 N–H and O–H groups in total. The molecule has 6 heteroatoms. The highest BCUT2D eigenvalue weighted by Crippen LogP contribution is 2.14. The van der Waals surface area contributed by atoms with Gasteiger partial charge in [0.2, 0.25) is 0 Å². The third kappa shape index (κ3) is 5.09. The number of methoxy groups -OCH3 is 1. The maximum absolute atomic E-state index is 11.9. The lowest BCUT2D eigenvalue weighted by Gasteiger charge is -2.12. The number of rotatable bonds is 6. The van der Waals surface area contributed by atoms with E-state index in [0.29, 0.717) is 11.3 Å². The zero-order valence-corrected chi connectivity index (χ0v) is 12.4. The zero-order chi connectivity index (χ0) is 15.1. The minimum atomic E-state index is -0.904. The number of benzene rings is 1. The molecule has 1 atom stereocenters. The molecular weight excluding hydrogens is 282 g/mol. The third-order valence-electron chi connectivity index (χ3n) is 2.37. The second kappa shape index (κ2) is 7.75. The van der Waals surface area contributed by atoms with Crippen LogP contribution in [0.25, 0.3) is 0 Å². The minimum absolute atomic E-state index is 0.00231. The number of carbonyl (C=O) groups excluding carboxylic acids is 2. The van der Waals surface area contributed by atoms with Crippen LogP contribution in [-0.4, -0.2) is 37.0 Å². The summed E-state index contributed by atoms with van der Waals surface area (Å²) >= 11 is 5.75. The first-order valence-electron chi connectivity index (χ1n) is 6.21. The highest BCUT2D eigenvalue weighted by atomic mass is 35.5. The van der Waals surface area contributed by atoms with Gasteiger partial charge in [0.15, 0.2) is 0 Å². The summed E-state index contributed by atoms with van der Waals surface area (Å²) in [5.41, 5.74) is 0.442. The topological polar surface area (TPSA) is 64.6 Å². The maximum atomic E-state index is 11.9. The molecule has 1 aromatic carbocycles. The number of carbonyl (C=O) groups is 2. The molecule has 1 aromatic rings. The van der Waals surface area contributed by atoms with Gasteiger partial charge in [0.1, 0.15) is 11.1 Å². The van der Waals surface area contributed by atoms with Gasteiger partial charge in [0.25, 0.3) is 5.91 Å². The van der Waals surface area contributed by atoms with Gasteiger partial charge >= 0.3 is 5.97 Å². The number of hydrogen-bond donors (Lipinski definition) is 1. The molecule has 0 aliphatic carbocycles. The summed E-state index contributed by atoms with van der Waals surface area (Å²) in [6, 6.07) is 6.79. The van der Waals surface area contributed by atoms with E-state index in [9.17, 15) is 9.59 Å². The van der Waals surface area contributed by atoms with Crippen molar-refractivity contribution in [2.45, 2.75) is 25.3 Å². The Morgan fingerprint density at radius 1 is 1.35 bits per heavy atom. The van der Waals surface area contributed by atoms with Crippen molar-refractivity contribution in [3.8, 4) is 5.75 Å². The number of ether oxygens (including phenoxy) is 2. The van der Waals surface area contributed by atoms with Crippen LogP contribution < -0.4 is 10.1 Å². The van der Waals surface area contributed by atoms with Crippen molar-refractivity contribution >= 4 is 23.5 Å². The number of nitrogens with one attached hydrogen (secondary N) is 1. The van der Waals surface area contributed by atoms with E-state index in [4.69, 9.17) is 16.3 Å². The Bertz CT molecular complexity index is 476. The zero-order valence-electron chi connectivity index (χ0n) is 11.7. The van der Waals surface area contributed by atoms with E-state index >= 15 is 0 Å². The van der Waals surface area contributed by atoms with Crippen LogP contribution in [-0.2, 0) is 9.53 Å². The molecule has 1 unspecified atom stereocenters. The molecular formula is C14H18ClNO4. The van der Waals surface area contributed by atoms with Gasteiger partial charge in [-0.05, 0) is 32.0 Å². The fourth-order valence-electron chi connectivity index (χ4n) is 1.48. The van der Waals surface area contributed by atoms with E-state index in [1.54, 1.807) is 24.3 Å². The fourth-order valence-corrected chi connectivity index (χ4v) is 1.64. The molecule has 0 aliphatic rings. The Hall–Kier alpha value is -1.75. The number of halogens is 1.